The third kappa shape index (κ3) is 1.83. The summed E-state index contributed by atoms with van der Waals surface area (Å²) < 4.78 is 39.1. The molecule has 0 bridgehead atoms. The monoisotopic (exact) mass is 249 g/mol. The van der Waals surface area contributed by atoms with Crippen molar-refractivity contribution in [1.29, 1.82) is 0 Å². The van der Waals surface area contributed by atoms with Crippen LogP contribution >= 0.6 is 0 Å². The molecule has 1 heterocycles. The second-order valence-corrected chi connectivity index (χ2v) is 4.38. The van der Waals surface area contributed by atoms with E-state index in [1.54, 1.807) is 6.07 Å². The van der Waals surface area contributed by atoms with Gasteiger partial charge in [-0.1, -0.05) is 6.07 Å². The summed E-state index contributed by atoms with van der Waals surface area (Å²) in [6, 6.07) is 8.17. The molecular weight excluding hydrogens is 239 g/mol. The van der Waals surface area contributed by atoms with Crippen LogP contribution in [0, 0.1) is 17.5 Å². The first kappa shape index (κ1) is 11.1. The summed E-state index contributed by atoms with van der Waals surface area (Å²) in [4.78, 5) is 0. The molecule has 18 heavy (non-hydrogen) atoms. The Labute approximate surface area is 102 Å². The van der Waals surface area contributed by atoms with E-state index in [1.165, 1.54) is 24.3 Å². The molecule has 0 aromatic heterocycles. The molecule has 2 aromatic rings. The molecule has 3 rings (SSSR count). The fourth-order valence-electron chi connectivity index (χ4n) is 2.26. The Morgan fingerprint density at radius 3 is 2.56 bits per heavy atom. The normalized spacial score (nSPS) is 17.4. The van der Waals surface area contributed by atoms with Crippen LogP contribution in [-0.4, -0.2) is 0 Å². The van der Waals surface area contributed by atoms with Gasteiger partial charge in [0, 0.05) is 5.69 Å². The first-order valence-electron chi connectivity index (χ1n) is 5.63. The highest BCUT2D eigenvalue weighted by atomic mass is 19.2. The zero-order valence-corrected chi connectivity index (χ0v) is 9.38. The predicted octanol–water partition coefficient (Wildman–Crippen LogP) is 3.81. The standard InChI is InChI=1S/C14H10F3N/c15-10-2-4-13-9(5-10)7-14(18-13)8-1-3-11(16)12(17)6-8/h1-6,14,18H,7H2. The van der Waals surface area contributed by atoms with Crippen LogP contribution in [0.15, 0.2) is 36.4 Å². The van der Waals surface area contributed by atoms with Gasteiger partial charge >= 0.3 is 0 Å². The Bertz CT molecular complexity index is 610. The molecule has 4 heteroatoms. The first-order chi connectivity index (χ1) is 8.63. The van der Waals surface area contributed by atoms with Crippen LogP contribution in [-0.2, 0) is 6.42 Å². The molecule has 1 atom stereocenters. The first-order valence-corrected chi connectivity index (χ1v) is 5.63. The van der Waals surface area contributed by atoms with E-state index in [-0.39, 0.29) is 11.9 Å². The van der Waals surface area contributed by atoms with Crippen molar-refractivity contribution in [3.05, 3.63) is 65.0 Å². The van der Waals surface area contributed by atoms with Crippen molar-refractivity contribution in [2.24, 2.45) is 0 Å². The average Bonchev–Trinajstić information content (AvgIpc) is 2.75. The zero-order chi connectivity index (χ0) is 12.7. The van der Waals surface area contributed by atoms with Gasteiger partial charge in [0.1, 0.15) is 5.82 Å². The lowest BCUT2D eigenvalue weighted by molar-refractivity contribution is 0.506. The Kier molecular flexibility index (Phi) is 2.51. The molecule has 1 aliphatic rings. The van der Waals surface area contributed by atoms with E-state index in [2.05, 4.69) is 5.32 Å². The van der Waals surface area contributed by atoms with Crippen molar-refractivity contribution in [2.75, 3.05) is 5.32 Å². The number of benzene rings is 2. The number of fused-ring (bicyclic) bond motifs is 1. The van der Waals surface area contributed by atoms with E-state index in [0.29, 0.717) is 12.0 Å². The van der Waals surface area contributed by atoms with Gasteiger partial charge in [-0.05, 0) is 47.9 Å². The molecule has 0 radical (unpaired) electrons. The summed E-state index contributed by atoms with van der Waals surface area (Å²) in [7, 11) is 0. The van der Waals surface area contributed by atoms with Crippen molar-refractivity contribution < 1.29 is 13.2 Å². The summed E-state index contributed by atoms with van der Waals surface area (Å²) in [6.45, 7) is 0. The summed E-state index contributed by atoms with van der Waals surface area (Å²) in [6.07, 6.45) is 0.568. The van der Waals surface area contributed by atoms with Gasteiger partial charge in [-0.3, -0.25) is 0 Å². The van der Waals surface area contributed by atoms with Crippen LogP contribution in [0.5, 0.6) is 0 Å². The number of anilines is 1. The van der Waals surface area contributed by atoms with Gasteiger partial charge in [0.05, 0.1) is 6.04 Å². The van der Waals surface area contributed by atoms with Gasteiger partial charge in [0.2, 0.25) is 0 Å². The van der Waals surface area contributed by atoms with Gasteiger partial charge in [0.15, 0.2) is 11.6 Å². The molecule has 0 spiro atoms. The van der Waals surface area contributed by atoms with Gasteiger partial charge in [-0.25, -0.2) is 13.2 Å². The van der Waals surface area contributed by atoms with Crippen LogP contribution in [0.3, 0.4) is 0 Å². The summed E-state index contributed by atoms with van der Waals surface area (Å²) >= 11 is 0. The lowest BCUT2D eigenvalue weighted by Crippen LogP contribution is -2.06. The molecular formula is C14H10F3N. The minimum absolute atomic E-state index is 0.142. The minimum atomic E-state index is -0.864. The fourth-order valence-corrected chi connectivity index (χ4v) is 2.26. The maximum absolute atomic E-state index is 13.2. The van der Waals surface area contributed by atoms with Gasteiger partial charge in [0.25, 0.3) is 0 Å². The lowest BCUT2D eigenvalue weighted by Gasteiger charge is -2.11. The molecule has 92 valence electrons. The van der Waals surface area contributed by atoms with Crippen LogP contribution < -0.4 is 5.32 Å². The highest BCUT2D eigenvalue weighted by molar-refractivity contribution is 5.58. The lowest BCUT2D eigenvalue weighted by atomic mass is 10.0. The second kappa shape index (κ2) is 4.05. The van der Waals surface area contributed by atoms with Crippen LogP contribution in [0.2, 0.25) is 0 Å². The molecule has 2 aromatic carbocycles. The summed E-state index contributed by atoms with van der Waals surface area (Å²) in [5, 5.41) is 3.17. The van der Waals surface area contributed by atoms with Gasteiger partial charge in [-0.15, -0.1) is 0 Å². The van der Waals surface area contributed by atoms with E-state index in [4.69, 9.17) is 0 Å². The quantitative estimate of drug-likeness (QED) is 0.810. The van der Waals surface area contributed by atoms with Crippen molar-refractivity contribution in [3.63, 3.8) is 0 Å². The molecule has 1 unspecified atom stereocenters. The number of hydrogen-bond acceptors (Lipinski definition) is 1. The molecule has 0 fully saturated rings. The molecule has 0 amide bonds. The average molecular weight is 249 g/mol. The van der Waals surface area contributed by atoms with Gasteiger partial charge < -0.3 is 5.32 Å². The van der Waals surface area contributed by atoms with Crippen LogP contribution in [0.25, 0.3) is 0 Å². The minimum Gasteiger partial charge on any atom is -0.378 e. The Morgan fingerprint density at radius 1 is 0.944 bits per heavy atom. The maximum Gasteiger partial charge on any atom is 0.159 e. The SMILES string of the molecule is Fc1ccc2c(c1)CC(c1ccc(F)c(F)c1)N2. The van der Waals surface area contributed by atoms with E-state index < -0.39 is 11.6 Å². The number of rotatable bonds is 1. The van der Waals surface area contributed by atoms with Crippen LogP contribution in [0.4, 0.5) is 18.9 Å². The van der Waals surface area contributed by atoms with Crippen molar-refractivity contribution in [1.82, 2.24) is 0 Å². The highest BCUT2D eigenvalue weighted by Gasteiger charge is 2.23. The van der Waals surface area contributed by atoms with E-state index in [0.717, 1.165) is 17.3 Å². The number of hydrogen-bond donors (Lipinski definition) is 1. The van der Waals surface area contributed by atoms with E-state index >= 15 is 0 Å². The summed E-state index contributed by atoms with van der Waals surface area (Å²) in [5.74, 6) is -2.02. The third-order valence-corrected chi connectivity index (χ3v) is 3.17. The maximum atomic E-state index is 13.2. The molecule has 0 saturated heterocycles. The van der Waals surface area contributed by atoms with Crippen molar-refractivity contribution in [2.45, 2.75) is 12.5 Å². The van der Waals surface area contributed by atoms with Crippen molar-refractivity contribution in [3.8, 4) is 0 Å². The zero-order valence-electron chi connectivity index (χ0n) is 9.38. The van der Waals surface area contributed by atoms with Gasteiger partial charge in [-0.2, -0.15) is 0 Å². The smallest absolute Gasteiger partial charge is 0.159 e. The predicted molar refractivity (Wildman–Crippen MR) is 62.8 cm³/mol. The Balaban J connectivity index is 1.91. The number of halogens is 3. The van der Waals surface area contributed by atoms with Crippen molar-refractivity contribution >= 4 is 5.69 Å². The molecule has 0 saturated carbocycles. The molecule has 1 aliphatic heterocycles. The highest BCUT2D eigenvalue weighted by Crippen LogP contribution is 2.34. The Morgan fingerprint density at radius 2 is 1.78 bits per heavy atom. The topological polar surface area (TPSA) is 12.0 Å². The molecule has 1 nitrogen and oxygen atoms in total. The third-order valence-electron chi connectivity index (χ3n) is 3.17. The van der Waals surface area contributed by atoms with E-state index in [9.17, 15) is 13.2 Å². The fraction of sp³-hybridized carbons (Fsp3) is 0.143. The largest absolute Gasteiger partial charge is 0.378 e. The van der Waals surface area contributed by atoms with E-state index in [1.807, 2.05) is 0 Å². The second-order valence-electron chi connectivity index (χ2n) is 4.38. The number of nitrogens with one attached hydrogen (secondary N) is 1. The molecule has 1 N–H and O–H groups in total. The van der Waals surface area contributed by atoms with Crippen LogP contribution in [0.1, 0.15) is 17.2 Å². The Hall–Kier alpha value is -1.97. The summed E-state index contributed by atoms with van der Waals surface area (Å²) in [5.41, 5.74) is 2.35. The molecule has 0 aliphatic carbocycles.